The maximum Gasteiger partial charge on any atom is 0.246 e. The summed E-state index contributed by atoms with van der Waals surface area (Å²) in [6.07, 6.45) is 0. The van der Waals surface area contributed by atoms with E-state index >= 15 is 0 Å². The van der Waals surface area contributed by atoms with Crippen LogP contribution in [0.5, 0.6) is 0 Å². The lowest BCUT2D eigenvalue weighted by Gasteiger charge is -2.45. The summed E-state index contributed by atoms with van der Waals surface area (Å²) in [5, 5.41) is 0. The van der Waals surface area contributed by atoms with Gasteiger partial charge >= 0.3 is 0 Å². The Morgan fingerprint density at radius 2 is 2.10 bits per heavy atom. The molecule has 0 saturated carbocycles. The van der Waals surface area contributed by atoms with E-state index in [9.17, 15) is 9.59 Å². The van der Waals surface area contributed by atoms with Crippen LogP contribution in [0.15, 0.2) is 18.2 Å². The van der Waals surface area contributed by atoms with Crippen molar-refractivity contribution in [3.8, 4) is 0 Å². The van der Waals surface area contributed by atoms with E-state index in [2.05, 4.69) is 9.88 Å². The molecule has 1 atom stereocenters. The molecule has 2 saturated heterocycles. The van der Waals surface area contributed by atoms with Gasteiger partial charge in [0.1, 0.15) is 6.04 Å². The second-order valence-corrected chi connectivity index (χ2v) is 5.80. The highest BCUT2D eigenvalue weighted by atomic mass is 16.2. The zero-order valence-corrected chi connectivity index (χ0v) is 12.5. The molecule has 0 aliphatic carbocycles. The highest BCUT2D eigenvalue weighted by molar-refractivity contribution is 5.95. The van der Waals surface area contributed by atoms with Crippen LogP contribution in [0.1, 0.15) is 11.4 Å². The molecule has 1 aromatic rings. The van der Waals surface area contributed by atoms with Gasteiger partial charge in [-0.05, 0) is 19.1 Å². The molecule has 6 heteroatoms. The predicted octanol–water partition coefficient (Wildman–Crippen LogP) is -0.125. The molecule has 0 aromatic carbocycles. The van der Waals surface area contributed by atoms with Crippen LogP contribution in [-0.4, -0.2) is 70.8 Å². The number of likely N-dealkylation sites (N-methyl/N-ethyl adjacent to an activating group) is 1. The minimum atomic E-state index is -0.338. The third kappa shape index (κ3) is 2.76. The van der Waals surface area contributed by atoms with Crippen LogP contribution in [0.4, 0.5) is 0 Å². The van der Waals surface area contributed by atoms with E-state index < -0.39 is 0 Å². The van der Waals surface area contributed by atoms with E-state index in [1.807, 2.05) is 25.1 Å². The highest BCUT2D eigenvalue weighted by Gasteiger charge is 2.41. The van der Waals surface area contributed by atoms with Crippen LogP contribution in [0.2, 0.25) is 0 Å². The normalized spacial score (nSPS) is 23.4. The number of aryl methyl sites for hydroxylation is 1. The molecule has 6 nitrogen and oxygen atoms in total. The number of aromatic nitrogens is 1. The summed E-state index contributed by atoms with van der Waals surface area (Å²) < 4.78 is 0. The Morgan fingerprint density at radius 3 is 2.86 bits per heavy atom. The number of hydrogen-bond donors (Lipinski definition) is 0. The summed E-state index contributed by atoms with van der Waals surface area (Å²) in [5.41, 5.74) is 2.00. The minimum absolute atomic E-state index is 0.0384. The van der Waals surface area contributed by atoms with Crippen molar-refractivity contribution < 1.29 is 9.59 Å². The van der Waals surface area contributed by atoms with Gasteiger partial charge in [0.05, 0.1) is 12.2 Å². The van der Waals surface area contributed by atoms with Gasteiger partial charge in [-0.1, -0.05) is 6.07 Å². The van der Waals surface area contributed by atoms with Gasteiger partial charge in [0.25, 0.3) is 0 Å². The average molecular weight is 288 g/mol. The number of hydrogen-bond acceptors (Lipinski definition) is 4. The van der Waals surface area contributed by atoms with Crippen molar-refractivity contribution in [2.24, 2.45) is 0 Å². The number of nitrogens with zero attached hydrogens (tertiary/aromatic N) is 4. The molecule has 3 rings (SSSR count). The molecule has 0 N–H and O–H groups in total. The van der Waals surface area contributed by atoms with Crippen molar-refractivity contribution in [3.63, 3.8) is 0 Å². The molecule has 0 bridgehead atoms. The van der Waals surface area contributed by atoms with Crippen molar-refractivity contribution in [1.82, 2.24) is 19.7 Å². The molecule has 3 heterocycles. The van der Waals surface area contributed by atoms with Crippen molar-refractivity contribution >= 4 is 11.8 Å². The molecule has 0 radical (unpaired) electrons. The van der Waals surface area contributed by atoms with Crippen LogP contribution in [0.25, 0.3) is 0 Å². The maximum atomic E-state index is 12.2. The van der Waals surface area contributed by atoms with E-state index in [4.69, 9.17) is 0 Å². The predicted molar refractivity (Wildman–Crippen MR) is 77.4 cm³/mol. The third-order valence-corrected chi connectivity index (χ3v) is 4.15. The van der Waals surface area contributed by atoms with Gasteiger partial charge in [-0.25, -0.2) is 0 Å². The van der Waals surface area contributed by atoms with Crippen molar-refractivity contribution in [2.75, 3.05) is 33.2 Å². The minimum Gasteiger partial charge on any atom is -0.335 e. The van der Waals surface area contributed by atoms with E-state index in [-0.39, 0.29) is 24.4 Å². The first-order valence-corrected chi connectivity index (χ1v) is 7.24. The Balaban J connectivity index is 1.71. The summed E-state index contributed by atoms with van der Waals surface area (Å²) in [6.45, 7) is 4.89. The largest absolute Gasteiger partial charge is 0.335 e. The molecule has 0 spiro atoms. The fraction of sp³-hybridized carbons (Fsp3) is 0.533. The van der Waals surface area contributed by atoms with Crippen molar-refractivity contribution in [2.45, 2.75) is 19.5 Å². The topological polar surface area (TPSA) is 56.8 Å². The van der Waals surface area contributed by atoms with Gasteiger partial charge in [-0.2, -0.15) is 0 Å². The zero-order chi connectivity index (χ0) is 15.0. The Bertz CT molecular complexity index is 575. The van der Waals surface area contributed by atoms with Crippen LogP contribution >= 0.6 is 0 Å². The number of fused-ring (bicyclic) bond motifs is 1. The van der Waals surface area contributed by atoms with Gasteiger partial charge in [-0.3, -0.25) is 19.5 Å². The third-order valence-electron chi connectivity index (χ3n) is 4.15. The van der Waals surface area contributed by atoms with Gasteiger partial charge < -0.3 is 9.80 Å². The number of pyridine rings is 1. The van der Waals surface area contributed by atoms with Gasteiger partial charge in [0.15, 0.2) is 0 Å². The lowest BCUT2D eigenvalue weighted by atomic mass is 10.1. The van der Waals surface area contributed by atoms with Crippen LogP contribution < -0.4 is 0 Å². The highest BCUT2D eigenvalue weighted by Crippen LogP contribution is 2.18. The van der Waals surface area contributed by atoms with E-state index in [1.54, 1.807) is 11.9 Å². The lowest BCUT2D eigenvalue weighted by molar-refractivity contribution is -0.158. The fourth-order valence-electron chi connectivity index (χ4n) is 3.04. The van der Waals surface area contributed by atoms with Gasteiger partial charge in [0.2, 0.25) is 11.8 Å². The second kappa shape index (κ2) is 5.44. The molecule has 21 heavy (non-hydrogen) atoms. The summed E-state index contributed by atoms with van der Waals surface area (Å²) in [6, 6.07) is 5.63. The number of piperazine rings is 2. The number of carbonyl (C=O) groups is 2. The Hall–Kier alpha value is -1.95. The van der Waals surface area contributed by atoms with Crippen LogP contribution in [0.3, 0.4) is 0 Å². The van der Waals surface area contributed by atoms with Crippen molar-refractivity contribution in [3.05, 3.63) is 29.6 Å². The molecule has 2 fully saturated rings. The molecule has 2 aliphatic rings. The van der Waals surface area contributed by atoms with E-state index in [1.165, 1.54) is 4.90 Å². The first-order chi connectivity index (χ1) is 10.0. The Kier molecular flexibility index (Phi) is 3.63. The number of amides is 2. The molecular formula is C15H20N4O2. The van der Waals surface area contributed by atoms with Crippen LogP contribution in [-0.2, 0) is 16.1 Å². The molecule has 0 unspecified atom stereocenters. The number of carbonyl (C=O) groups excluding carboxylic acids is 2. The lowest BCUT2D eigenvalue weighted by Crippen LogP contribution is -2.65. The molecular weight excluding hydrogens is 268 g/mol. The fourth-order valence-corrected chi connectivity index (χ4v) is 3.04. The summed E-state index contributed by atoms with van der Waals surface area (Å²) in [5.74, 6) is 0.0898. The summed E-state index contributed by atoms with van der Waals surface area (Å²) in [4.78, 5) is 34.2. The Labute approximate surface area is 124 Å². The summed E-state index contributed by atoms with van der Waals surface area (Å²) in [7, 11) is 1.69. The molecule has 2 aliphatic heterocycles. The molecule has 2 amide bonds. The van der Waals surface area contributed by atoms with E-state index in [0.717, 1.165) is 24.5 Å². The monoisotopic (exact) mass is 288 g/mol. The SMILES string of the molecule is Cc1cccc(CN2CCN3C(=O)CN(C)C(=O)[C@H]3C2)n1. The summed E-state index contributed by atoms with van der Waals surface area (Å²) >= 11 is 0. The van der Waals surface area contributed by atoms with Gasteiger partial charge in [0, 0.05) is 38.9 Å². The second-order valence-electron chi connectivity index (χ2n) is 5.80. The van der Waals surface area contributed by atoms with Gasteiger partial charge in [-0.15, -0.1) is 0 Å². The average Bonchev–Trinajstić information content (AvgIpc) is 2.45. The van der Waals surface area contributed by atoms with Crippen molar-refractivity contribution in [1.29, 1.82) is 0 Å². The molecule has 1 aromatic heterocycles. The van der Waals surface area contributed by atoms with E-state index in [0.29, 0.717) is 13.1 Å². The van der Waals surface area contributed by atoms with Crippen LogP contribution in [0, 0.1) is 6.92 Å². The zero-order valence-electron chi connectivity index (χ0n) is 12.5. The Morgan fingerprint density at radius 1 is 1.29 bits per heavy atom. The quantitative estimate of drug-likeness (QED) is 0.761. The standard InChI is InChI=1S/C15H20N4O2/c1-11-4-3-5-12(16-11)8-18-6-7-19-13(9-18)15(21)17(2)10-14(19)20/h3-5,13H,6-10H2,1-2H3/t13-/m1/s1. The number of rotatable bonds is 2. The smallest absolute Gasteiger partial charge is 0.246 e. The maximum absolute atomic E-state index is 12.2. The molecule has 112 valence electrons. The first kappa shape index (κ1) is 14.0. The first-order valence-electron chi connectivity index (χ1n) is 7.24.